The number of anilines is 2. The first-order valence-electron chi connectivity index (χ1n) is 11.4. The van der Waals surface area contributed by atoms with Gasteiger partial charge in [-0.1, -0.05) is 24.1 Å². The lowest BCUT2D eigenvalue weighted by Gasteiger charge is -2.36. The largest absolute Gasteiger partial charge is 0.355 e. The molecular weight excluding hydrogens is 441 g/mol. The summed E-state index contributed by atoms with van der Waals surface area (Å²) >= 11 is 5.92. The van der Waals surface area contributed by atoms with E-state index in [-0.39, 0.29) is 17.0 Å². The summed E-state index contributed by atoms with van der Waals surface area (Å²) in [7, 11) is 2.05. The third kappa shape index (κ3) is 4.48. The number of hydrogen-bond donors (Lipinski definition) is 2. The van der Waals surface area contributed by atoms with Gasteiger partial charge in [0.25, 0.3) is 0 Å². The van der Waals surface area contributed by atoms with Gasteiger partial charge in [-0.2, -0.15) is 0 Å². The van der Waals surface area contributed by atoms with Gasteiger partial charge in [0.15, 0.2) is 0 Å². The number of benzene rings is 1. The Morgan fingerprint density at radius 1 is 1.24 bits per heavy atom. The number of aromatic amines is 1. The lowest BCUT2D eigenvalue weighted by atomic mass is 9.99. The predicted octanol–water partition coefficient (Wildman–Crippen LogP) is 5.20. The van der Waals surface area contributed by atoms with Gasteiger partial charge in [0.2, 0.25) is 5.91 Å². The van der Waals surface area contributed by atoms with E-state index >= 15 is 0 Å². The molecule has 2 aromatic heterocycles. The number of nitrogens with one attached hydrogen (secondary N) is 2. The van der Waals surface area contributed by atoms with Gasteiger partial charge < -0.3 is 15.2 Å². The molecule has 0 saturated carbocycles. The van der Waals surface area contributed by atoms with E-state index in [1.807, 2.05) is 11.0 Å². The van der Waals surface area contributed by atoms with Crippen LogP contribution in [0, 0.1) is 5.82 Å². The molecular formula is C25H27ClFN5O. The maximum atomic E-state index is 13.5. The highest BCUT2D eigenvalue weighted by molar-refractivity contribution is 6.31. The number of H-pyrrole nitrogens is 1. The molecule has 0 bridgehead atoms. The minimum Gasteiger partial charge on any atom is -0.355 e. The number of amides is 1. The van der Waals surface area contributed by atoms with Crippen molar-refractivity contribution >= 4 is 45.5 Å². The van der Waals surface area contributed by atoms with Crippen LogP contribution in [0.3, 0.4) is 0 Å². The first-order valence-corrected chi connectivity index (χ1v) is 11.8. The molecule has 172 valence electrons. The van der Waals surface area contributed by atoms with E-state index in [0.29, 0.717) is 12.2 Å². The van der Waals surface area contributed by atoms with Gasteiger partial charge in [0.1, 0.15) is 11.5 Å². The Morgan fingerprint density at radius 2 is 2.12 bits per heavy atom. The van der Waals surface area contributed by atoms with E-state index in [0.717, 1.165) is 54.8 Å². The number of likely N-dealkylation sites (tertiary alicyclic amines) is 1. The number of carbonyl (C=O) groups is 1. The van der Waals surface area contributed by atoms with Gasteiger partial charge in [0, 0.05) is 36.1 Å². The SMILES string of the molecule is CN1CCCCC1C(=O)N1CC=C(c2cc3c(Nc4ccc(F)c(Cl)c4)ccnc3[nH]2)CC1. The first-order chi connectivity index (χ1) is 16.0. The Hall–Kier alpha value is -2.90. The van der Waals surface area contributed by atoms with Crippen molar-refractivity contribution < 1.29 is 9.18 Å². The lowest BCUT2D eigenvalue weighted by molar-refractivity contribution is -0.137. The Balaban J connectivity index is 1.34. The molecule has 0 radical (unpaired) electrons. The zero-order valence-corrected chi connectivity index (χ0v) is 19.3. The molecule has 1 aromatic carbocycles. The topological polar surface area (TPSA) is 64.3 Å². The Morgan fingerprint density at radius 3 is 2.88 bits per heavy atom. The summed E-state index contributed by atoms with van der Waals surface area (Å²) in [5, 5.41) is 4.32. The van der Waals surface area contributed by atoms with Gasteiger partial charge >= 0.3 is 0 Å². The third-order valence-corrected chi connectivity index (χ3v) is 6.94. The fourth-order valence-corrected chi connectivity index (χ4v) is 4.93. The van der Waals surface area contributed by atoms with Crippen LogP contribution in [-0.2, 0) is 4.79 Å². The summed E-state index contributed by atoms with van der Waals surface area (Å²) in [6.45, 7) is 2.34. The summed E-state index contributed by atoms with van der Waals surface area (Å²) < 4.78 is 13.5. The quantitative estimate of drug-likeness (QED) is 0.553. The van der Waals surface area contributed by atoms with Crippen molar-refractivity contribution in [3.05, 3.63) is 59.1 Å². The lowest BCUT2D eigenvalue weighted by Crippen LogP contribution is -2.50. The fourth-order valence-electron chi connectivity index (χ4n) is 4.75. The molecule has 8 heteroatoms. The van der Waals surface area contributed by atoms with Gasteiger partial charge in [-0.25, -0.2) is 9.37 Å². The van der Waals surface area contributed by atoms with E-state index in [1.54, 1.807) is 18.3 Å². The molecule has 5 rings (SSSR count). The van der Waals surface area contributed by atoms with E-state index in [9.17, 15) is 9.18 Å². The van der Waals surface area contributed by atoms with E-state index in [1.165, 1.54) is 18.1 Å². The number of pyridine rings is 1. The smallest absolute Gasteiger partial charge is 0.240 e. The van der Waals surface area contributed by atoms with Crippen molar-refractivity contribution in [2.75, 3.05) is 32.0 Å². The van der Waals surface area contributed by atoms with Crippen LogP contribution < -0.4 is 5.32 Å². The highest BCUT2D eigenvalue weighted by Gasteiger charge is 2.30. The molecule has 33 heavy (non-hydrogen) atoms. The van der Waals surface area contributed by atoms with E-state index in [4.69, 9.17) is 11.6 Å². The van der Waals surface area contributed by atoms with Crippen molar-refractivity contribution in [1.82, 2.24) is 19.8 Å². The molecule has 1 amide bonds. The van der Waals surface area contributed by atoms with Crippen molar-refractivity contribution in [2.45, 2.75) is 31.7 Å². The Labute approximate surface area is 197 Å². The second-order valence-corrected chi connectivity index (χ2v) is 9.22. The maximum Gasteiger partial charge on any atom is 0.240 e. The van der Waals surface area contributed by atoms with Crippen LogP contribution >= 0.6 is 11.6 Å². The van der Waals surface area contributed by atoms with Gasteiger partial charge in [-0.3, -0.25) is 9.69 Å². The predicted molar refractivity (Wildman–Crippen MR) is 130 cm³/mol. The zero-order valence-electron chi connectivity index (χ0n) is 18.6. The van der Waals surface area contributed by atoms with Crippen LogP contribution in [0.1, 0.15) is 31.4 Å². The van der Waals surface area contributed by atoms with Gasteiger partial charge in [-0.05, 0) is 68.8 Å². The van der Waals surface area contributed by atoms with Crippen molar-refractivity contribution in [3.8, 4) is 0 Å². The number of halogens is 2. The molecule has 0 aliphatic carbocycles. The second-order valence-electron chi connectivity index (χ2n) is 8.81. The molecule has 1 saturated heterocycles. The molecule has 4 heterocycles. The number of likely N-dealkylation sites (N-methyl/N-ethyl adjacent to an activating group) is 1. The van der Waals surface area contributed by atoms with Crippen LogP contribution in [0.2, 0.25) is 5.02 Å². The summed E-state index contributed by atoms with van der Waals surface area (Å²) in [5.74, 6) is -0.201. The average Bonchev–Trinajstić information content (AvgIpc) is 3.27. The van der Waals surface area contributed by atoms with Crippen molar-refractivity contribution in [3.63, 3.8) is 0 Å². The number of fused-ring (bicyclic) bond motifs is 1. The molecule has 2 aliphatic rings. The summed E-state index contributed by atoms with van der Waals surface area (Å²) in [4.78, 5) is 25.0. The molecule has 3 aromatic rings. The number of piperidine rings is 1. The van der Waals surface area contributed by atoms with Crippen LogP contribution in [0.25, 0.3) is 16.6 Å². The van der Waals surface area contributed by atoms with Crippen LogP contribution in [0.4, 0.5) is 15.8 Å². The fraction of sp³-hybridized carbons (Fsp3) is 0.360. The van der Waals surface area contributed by atoms with Gasteiger partial charge in [-0.15, -0.1) is 0 Å². The van der Waals surface area contributed by atoms with Crippen molar-refractivity contribution in [1.29, 1.82) is 0 Å². The molecule has 1 fully saturated rings. The highest BCUT2D eigenvalue weighted by atomic mass is 35.5. The molecule has 0 spiro atoms. The molecule has 1 atom stereocenters. The highest BCUT2D eigenvalue weighted by Crippen LogP contribution is 2.31. The summed E-state index contributed by atoms with van der Waals surface area (Å²) in [6, 6.07) is 8.54. The Bertz CT molecular complexity index is 1220. The molecule has 6 nitrogen and oxygen atoms in total. The normalized spacial score (nSPS) is 19.5. The van der Waals surface area contributed by atoms with Crippen LogP contribution in [0.5, 0.6) is 0 Å². The molecule has 1 unspecified atom stereocenters. The van der Waals surface area contributed by atoms with Crippen LogP contribution in [0.15, 0.2) is 42.6 Å². The maximum absolute atomic E-state index is 13.5. The number of aromatic nitrogens is 2. The number of rotatable bonds is 4. The van der Waals surface area contributed by atoms with Crippen molar-refractivity contribution in [2.24, 2.45) is 0 Å². The van der Waals surface area contributed by atoms with E-state index in [2.05, 4.69) is 39.4 Å². The summed E-state index contributed by atoms with van der Waals surface area (Å²) in [5.41, 5.74) is 4.52. The molecule has 2 N–H and O–H groups in total. The first kappa shape index (κ1) is 21.9. The second kappa shape index (κ2) is 9.15. The van der Waals surface area contributed by atoms with E-state index < -0.39 is 5.82 Å². The Kier molecular flexibility index (Phi) is 6.08. The zero-order chi connectivity index (χ0) is 22.9. The molecule has 2 aliphatic heterocycles. The van der Waals surface area contributed by atoms with Gasteiger partial charge in [0.05, 0.1) is 16.8 Å². The average molecular weight is 468 g/mol. The monoisotopic (exact) mass is 467 g/mol. The minimum atomic E-state index is -0.446. The number of hydrogen-bond acceptors (Lipinski definition) is 4. The summed E-state index contributed by atoms with van der Waals surface area (Å²) in [6.07, 6.45) is 7.91. The van der Waals surface area contributed by atoms with Crippen LogP contribution in [-0.4, -0.2) is 58.4 Å². The minimum absolute atomic E-state index is 0.0135. The number of carbonyl (C=O) groups excluding carboxylic acids is 1. The standard InChI is InChI=1S/C25H27ClFN5O/c1-31-11-3-2-4-23(31)25(33)32-12-8-16(9-13-32)22-15-18-21(7-10-28-24(18)30-22)29-17-5-6-20(27)19(26)14-17/h5-8,10,14-15,23H,2-4,9,11-13H2,1H3,(H2,28,29,30). The third-order valence-electron chi connectivity index (χ3n) is 6.65. The number of nitrogens with zero attached hydrogens (tertiary/aromatic N) is 3.